The van der Waals surface area contributed by atoms with Crippen molar-refractivity contribution in [1.29, 1.82) is 0 Å². The number of carboxylic acid groups (broad SMARTS) is 1. The summed E-state index contributed by atoms with van der Waals surface area (Å²) in [6, 6.07) is 0. The van der Waals surface area contributed by atoms with E-state index < -0.39 is 5.97 Å². The minimum atomic E-state index is -0.695. The van der Waals surface area contributed by atoms with Gasteiger partial charge in [-0.2, -0.15) is 0 Å². The lowest BCUT2D eigenvalue weighted by atomic mass is 9.96. The van der Waals surface area contributed by atoms with Gasteiger partial charge >= 0.3 is 5.97 Å². The zero-order valence-electron chi connectivity index (χ0n) is 7.66. The van der Waals surface area contributed by atoms with Crippen molar-refractivity contribution in [3.63, 3.8) is 0 Å². The van der Waals surface area contributed by atoms with Crippen LogP contribution in [0.3, 0.4) is 0 Å². The summed E-state index contributed by atoms with van der Waals surface area (Å²) in [5.74, 6) is -0.906. The average Bonchev–Trinajstić information content (AvgIpc) is 2.05. The molecule has 78 valence electrons. The van der Waals surface area contributed by atoms with E-state index in [1.54, 1.807) is 0 Å². The first-order chi connectivity index (χ1) is 5.74. The molecule has 0 spiro atoms. The SMILES string of the molecule is Br.CNCC1CC(C(=O)O)CCO1. The molecule has 1 aliphatic heterocycles. The van der Waals surface area contributed by atoms with E-state index in [4.69, 9.17) is 9.84 Å². The summed E-state index contributed by atoms with van der Waals surface area (Å²) >= 11 is 0. The molecule has 2 atom stereocenters. The largest absolute Gasteiger partial charge is 0.481 e. The van der Waals surface area contributed by atoms with Crippen LogP contribution in [0.5, 0.6) is 0 Å². The smallest absolute Gasteiger partial charge is 0.306 e. The topological polar surface area (TPSA) is 58.6 Å². The van der Waals surface area contributed by atoms with Crippen molar-refractivity contribution in [1.82, 2.24) is 5.32 Å². The highest BCUT2D eigenvalue weighted by Gasteiger charge is 2.26. The lowest BCUT2D eigenvalue weighted by Gasteiger charge is -2.26. The second-order valence-corrected chi connectivity index (χ2v) is 3.11. The lowest BCUT2D eigenvalue weighted by Crippen LogP contribution is -2.36. The van der Waals surface area contributed by atoms with Crippen molar-refractivity contribution in [2.24, 2.45) is 5.92 Å². The van der Waals surface area contributed by atoms with E-state index in [1.165, 1.54) is 0 Å². The Morgan fingerprint density at radius 3 is 2.92 bits per heavy atom. The molecule has 1 fully saturated rings. The molecule has 5 heteroatoms. The van der Waals surface area contributed by atoms with Crippen LogP contribution in [-0.2, 0) is 9.53 Å². The van der Waals surface area contributed by atoms with Gasteiger partial charge in [-0.3, -0.25) is 4.79 Å². The average molecular weight is 254 g/mol. The molecular formula is C8H16BrNO3. The maximum atomic E-state index is 10.6. The fraction of sp³-hybridized carbons (Fsp3) is 0.875. The summed E-state index contributed by atoms with van der Waals surface area (Å²) in [5.41, 5.74) is 0. The van der Waals surface area contributed by atoms with Gasteiger partial charge in [0.05, 0.1) is 12.0 Å². The normalized spacial score (nSPS) is 27.8. The van der Waals surface area contributed by atoms with Gasteiger partial charge in [-0.1, -0.05) is 0 Å². The lowest BCUT2D eigenvalue weighted by molar-refractivity contribution is -0.146. The molecule has 0 amide bonds. The van der Waals surface area contributed by atoms with Crippen molar-refractivity contribution in [2.75, 3.05) is 20.2 Å². The summed E-state index contributed by atoms with van der Waals surface area (Å²) in [5, 5.41) is 11.7. The van der Waals surface area contributed by atoms with Crippen molar-refractivity contribution in [2.45, 2.75) is 18.9 Å². The van der Waals surface area contributed by atoms with E-state index in [1.807, 2.05) is 7.05 Å². The molecule has 1 heterocycles. The number of aliphatic carboxylic acids is 1. The Hall–Kier alpha value is -0.130. The Labute approximate surface area is 88.4 Å². The number of carboxylic acids is 1. The van der Waals surface area contributed by atoms with Crippen molar-refractivity contribution >= 4 is 23.0 Å². The van der Waals surface area contributed by atoms with Gasteiger partial charge in [-0.25, -0.2) is 0 Å². The zero-order chi connectivity index (χ0) is 8.97. The van der Waals surface area contributed by atoms with E-state index >= 15 is 0 Å². The van der Waals surface area contributed by atoms with Gasteiger partial charge in [0.15, 0.2) is 0 Å². The number of ether oxygens (including phenoxy) is 1. The maximum absolute atomic E-state index is 10.6. The van der Waals surface area contributed by atoms with Crippen LogP contribution in [0.15, 0.2) is 0 Å². The zero-order valence-corrected chi connectivity index (χ0v) is 9.37. The number of likely N-dealkylation sites (N-methyl/N-ethyl adjacent to an activating group) is 1. The minimum Gasteiger partial charge on any atom is -0.481 e. The predicted molar refractivity (Wildman–Crippen MR) is 54.3 cm³/mol. The quantitative estimate of drug-likeness (QED) is 0.777. The summed E-state index contributed by atoms with van der Waals surface area (Å²) in [6.07, 6.45) is 1.36. The Kier molecular flexibility index (Phi) is 6.28. The van der Waals surface area contributed by atoms with Gasteiger partial charge in [0, 0.05) is 13.2 Å². The Morgan fingerprint density at radius 2 is 2.38 bits per heavy atom. The fourth-order valence-corrected chi connectivity index (χ4v) is 1.47. The first-order valence-corrected chi connectivity index (χ1v) is 4.23. The predicted octanol–water partition coefficient (Wildman–Crippen LogP) is 0.663. The van der Waals surface area contributed by atoms with Crippen LogP contribution in [-0.4, -0.2) is 37.4 Å². The molecule has 0 radical (unpaired) electrons. The molecule has 2 N–H and O–H groups in total. The third-order valence-corrected chi connectivity index (χ3v) is 2.15. The molecule has 0 aromatic heterocycles. The molecule has 0 bridgehead atoms. The number of halogens is 1. The second-order valence-electron chi connectivity index (χ2n) is 3.11. The first-order valence-electron chi connectivity index (χ1n) is 4.23. The van der Waals surface area contributed by atoms with E-state index in [0.29, 0.717) is 19.4 Å². The molecule has 2 unspecified atom stereocenters. The van der Waals surface area contributed by atoms with Crippen molar-refractivity contribution in [3.05, 3.63) is 0 Å². The van der Waals surface area contributed by atoms with Gasteiger partial charge in [-0.05, 0) is 19.9 Å². The van der Waals surface area contributed by atoms with Crippen LogP contribution in [0.2, 0.25) is 0 Å². The van der Waals surface area contributed by atoms with Crippen LogP contribution in [0, 0.1) is 5.92 Å². The maximum Gasteiger partial charge on any atom is 0.306 e. The highest BCUT2D eigenvalue weighted by Crippen LogP contribution is 2.19. The molecule has 1 rings (SSSR count). The van der Waals surface area contributed by atoms with Crippen molar-refractivity contribution in [3.8, 4) is 0 Å². The van der Waals surface area contributed by atoms with E-state index in [-0.39, 0.29) is 29.0 Å². The number of rotatable bonds is 3. The number of hydrogen-bond donors (Lipinski definition) is 2. The molecule has 0 aromatic carbocycles. The van der Waals surface area contributed by atoms with Gasteiger partial charge in [-0.15, -0.1) is 17.0 Å². The Morgan fingerprint density at radius 1 is 1.69 bits per heavy atom. The molecule has 1 saturated heterocycles. The highest BCUT2D eigenvalue weighted by molar-refractivity contribution is 8.93. The monoisotopic (exact) mass is 253 g/mol. The molecule has 4 nitrogen and oxygen atoms in total. The summed E-state index contributed by atoms with van der Waals surface area (Å²) < 4.78 is 5.37. The third-order valence-electron chi connectivity index (χ3n) is 2.15. The van der Waals surface area contributed by atoms with Crippen LogP contribution in [0.1, 0.15) is 12.8 Å². The molecule has 13 heavy (non-hydrogen) atoms. The number of nitrogens with one attached hydrogen (secondary N) is 1. The Balaban J connectivity index is 0.00000144. The van der Waals surface area contributed by atoms with E-state index in [2.05, 4.69) is 5.32 Å². The fourth-order valence-electron chi connectivity index (χ4n) is 1.47. The molecule has 0 saturated carbocycles. The van der Waals surface area contributed by atoms with E-state index in [0.717, 1.165) is 6.54 Å². The number of hydrogen-bond acceptors (Lipinski definition) is 3. The van der Waals surface area contributed by atoms with Crippen LogP contribution < -0.4 is 5.32 Å². The first kappa shape index (κ1) is 12.9. The van der Waals surface area contributed by atoms with Crippen LogP contribution >= 0.6 is 17.0 Å². The third kappa shape index (κ3) is 4.06. The summed E-state index contributed by atoms with van der Waals surface area (Å²) in [6.45, 7) is 1.31. The number of carbonyl (C=O) groups is 1. The molecule has 0 aromatic rings. The van der Waals surface area contributed by atoms with Crippen LogP contribution in [0.25, 0.3) is 0 Å². The van der Waals surface area contributed by atoms with Gasteiger partial charge in [0.1, 0.15) is 0 Å². The van der Waals surface area contributed by atoms with Gasteiger partial charge < -0.3 is 15.2 Å². The van der Waals surface area contributed by atoms with Crippen LogP contribution in [0.4, 0.5) is 0 Å². The summed E-state index contributed by atoms with van der Waals surface area (Å²) in [7, 11) is 1.84. The molecule has 1 aliphatic rings. The molecule has 0 aliphatic carbocycles. The second kappa shape index (κ2) is 6.34. The Bertz CT molecular complexity index is 163. The minimum absolute atomic E-state index is 0. The van der Waals surface area contributed by atoms with Crippen molar-refractivity contribution < 1.29 is 14.6 Å². The highest BCUT2D eigenvalue weighted by atomic mass is 79.9. The van der Waals surface area contributed by atoms with Gasteiger partial charge in [0.25, 0.3) is 0 Å². The van der Waals surface area contributed by atoms with Gasteiger partial charge in [0.2, 0.25) is 0 Å². The molecular weight excluding hydrogens is 238 g/mol. The standard InChI is InChI=1S/C8H15NO3.BrH/c1-9-5-7-4-6(8(10)11)2-3-12-7;/h6-7,9H,2-5H2,1H3,(H,10,11);1H. The van der Waals surface area contributed by atoms with E-state index in [9.17, 15) is 4.79 Å². The summed E-state index contributed by atoms with van der Waals surface area (Å²) in [4.78, 5) is 10.6.